The number of benzene rings is 3. The first-order valence-corrected chi connectivity index (χ1v) is 15.3. The van der Waals surface area contributed by atoms with E-state index in [1.807, 2.05) is 96.4 Å². The third-order valence-electron chi connectivity index (χ3n) is 6.90. The van der Waals surface area contributed by atoms with Gasteiger partial charge in [-0.1, -0.05) is 78.1 Å². The van der Waals surface area contributed by atoms with E-state index in [1.54, 1.807) is 17.6 Å². The van der Waals surface area contributed by atoms with Gasteiger partial charge in [0.05, 0.1) is 34.0 Å². The second kappa shape index (κ2) is 12.4. The number of fused-ring (bicyclic) bond motifs is 1. The third-order valence-corrected chi connectivity index (χ3v) is 8.80. The van der Waals surface area contributed by atoms with E-state index in [0.717, 1.165) is 21.6 Å². The fourth-order valence-corrected chi connectivity index (χ4v) is 6.71. The Morgan fingerprint density at radius 1 is 1.02 bits per heavy atom. The lowest BCUT2D eigenvalue weighted by atomic mass is 9.97. The fraction of sp³-hybridized carbons (Fsp3) is 0.118. The minimum absolute atomic E-state index is 0.205. The zero-order valence-corrected chi connectivity index (χ0v) is 24.7. The summed E-state index contributed by atoms with van der Waals surface area (Å²) in [5.41, 5.74) is 3.60. The number of carbonyl (C=O) groups excluding carboxylic acids is 1. The molecule has 0 fully saturated rings. The van der Waals surface area contributed by atoms with Crippen LogP contribution in [0.25, 0.3) is 11.8 Å². The Bertz CT molecular complexity index is 2040. The summed E-state index contributed by atoms with van der Waals surface area (Å²) < 4.78 is 13.5. The Morgan fingerprint density at radius 2 is 1.79 bits per heavy atom. The number of hydrogen-bond donors (Lipinski definition) is 0. The van der Waals surface area contributed by atoms with Crippen LogP contribution in [0.4, 0.5) is 0 Å². The summed E-state index contributed by atoms with van der Waals surface area (Å²) in [5, 5.41) is 11.2. The van der Waals surface area contributed by atoms with Crippen LogP contribution in [0.2, 0.25) is 0 Å². The number of carbonyl (C=O) groups is 1. The second-order valence-electron chi connectivity index (χ2n) is 9.57. The van der Waals surface area contributed by atoms with Crippen LogP contribution in [0.3, 0.4) is 0 Å². The number of ether oxygens (including phenoxy) is 2. The smallest absolute Gasteiger partial charge is 0.338 e. The molecule has 43 heavy (non-hydrogen) atoms. The van der Waals surface area contributed by atoms with Crippen LogP contribution < -0.4 is 19.6 Å². The van der Waals surface area contributed by atoms with Crippen molar-refractivity contribution in [3.05, 3.63) is 149 Å². The van der Waals surface area contributed by atoms with Gasteiger partial charge in [-0.05, 0) is 48.2 Å². The van der Waals surface area contributed by atoms with Crippen LogP contribution in [0, 0.1) is 11.3 Å². The maximum absolute atomic E-state index is 13.9. The summed E-state index contributed by atoms with van der Waals surface area (Å²) >= 11 is 2.76. The van der Waals surface area contributed by atoms with Crippen molar-refractivity contribution in [2.45, 2.75) is 19.6 Å². The molecule has 6 rings (SSSR count). The molecule has 1 aliphatic rings. The Morgan fingerprint density at radius 3 is 2.51 bits per heavy atom. The molecule has 9 heteroatoms. The normalized spacial score (nSPS) is 14.5. The van der Waals surface area contributed by atoms with Gasteiger partial charge in [0.25, 0.3) is 5.56 Å². The molecular weight excluding hydrogens is 579 g/mol. The molecule has 0 aliphatic carbocycles. The monoisotopic (exact) mass is 603 g/mol. The minimum Gasteiger partial charge on any atom is -0.489 e. The topological polar surface area (TPSA) is 93.7 Å². The van der Waals surface area contributed by atoms with Gasteiger partial charge in [-0.2, -0.15) is 5.26 Å². The van der Waals surface area contributed by atoms with E-state index in [-0.39, 0.29) is 18.8 Å². The Labute approximate surface area is 255 Å². The van der Waals surface area contributed by atoms with Gasteiger partial charge in [0.15, 0.2) is 4.80 Å². The van der Waals surface area contributed by atoms with Crippen molar-refractivity contribution < 1.29 is 14.3 Å². The highest BCUT2D eigenvalue weighted by Gasteiger charge is 2.35. The van der Waals surface area contributed by atoms with Crippen LogP contribution in [-0.2, 0) is 16.1 Å². The first-order valence-electron chi connectivity index (χ1n) is 13.6. The molecule has 3 aromatic carbocycles. The first kappa shape index (κ1) is 28.1. The highest BCUT2D eigenvalue weighted by Crippen LogP contribution is 2.36. The van der Waals surface area contributed by atoms with E-state index in [9.17, 15) is 14.9 Å². The summed E-state index contributed by atoms with van der Waals surface area (Å²) in [7, 11) is 0. The first-order chi connectivity index (χ1) is 21.1. The van der Waals surface area contributed by atoms with E-state index < -0.39 is 12.0 Å². The molecule has 0 saturated carbocycles. The third kappa shape index (κ3) is 5.71. The van der Waals surface area contributed by atoms with E-state index in [1.165, 1.54) is 22.7 Å². The van der Waals surface area contributed by atoms with E-state index in [4.69, 9.17) is 14.5 Å². The van der Waals surface area contributed by atoms with Crippen LogP contribution in [0.5, 0.6) is 5.75 Å². The van der Waals surface area contributed by atoms with Crippen LogP contribution in [0.15, 0.2) is 112 Å². The van der Waals surface area contributed by atoms with Gasteiger partial charge in [-0.3, -0.25) is 9.36 Å². The molecule has 0 saturated heterocycles. The summed E-state index contributed by atoms with van der Waals surface area (Å²) in [6, 6.07) is 29.6. The van der Waals surface area contributed by atoms with Gasteiger partial charge in [-0.15, -0.1) is 11.3 Å². The number of nitriles is 1. The fourth-order valence-electron chi connectivity index (χ4n) is 4.88. The van der Waals surface area contributed by atoms with Crippen LogP contribution in [0.1, 0.15) is 40.1 Å². The van der Waals surface area contributed by atoms with Crippen LogP contribution >= 0.6 is 22.7 Å². The molecule has 0 spiro atoms. The lowest BCUT2D eigenvalue weighted by Gasteiger charge is -2.24. The molecule has 7 nitrogen and oxygen atoms in total. The highest BCUT2D eigenvalue weighted by atomic mass is 32.1. The quantitative estimate of drug-likeness (QED) is 0.220. The number of aromatic nitrogens is 1. The van der Waals surface area contributed by atoms with E-state index in [2.05, 4.69) is 6.07 Å². The molecule has 1 unspecified atom stereocenters. The van der Waals surface area contributed by atoms with Crippen molar-refractivity contribution in [2.75, 3.05) is 6.61 Å². The molecule has 0 amide bonds. The lowest BCUT2D eigenvalue weighted by Crippen LogP contribution is -2.39. The van der Waals surface area contributed by atoms with Gasteiger partial charge in [0.2, 0.25) is 0 Å². The second-order valence-corrected chi connectivity index (χ2v) is 11.6. The number of esters is 1. The molecule has 0 bridgehead atoms. The Balaban J connectivity index is 1.40. The molecule has 1 atom stereocenters. The van der Waals surface area contributed by atoms with Crippen molar-refractivity contribution in [1.82, 2.24) is 4.57 Å². The molecule has 212 valence electrons. The zero-order chi connectivity index (χ0) is 29.8. The predicted octanol–water partition coefficient (Wildman–Crippen LogP) is 5.45. The molecule has 3 heterocycles. The maximum Gasteiger partial charge on any atom is 0.338 e. The Kier molecular flexibility index (Phi) is 8.13. The largest absolute Gasteiger partial charge is 0.489 e. The molecule has 0 radical (unpaired) electrons. The number of rotatable bonds is 8. The van der Waals surface area contributed by atoms with Crippen molar-refractivity contribution in [3.63, 3.8) is 0 Å². The van der Waals surface area contributed by atoms with Gasteiger partial charge in [0, 0.05) is 16.0 Å². The summed E-state index contributed by atoms with van der Waals surface area (Å²) in [5.74, 6) is 0.154. The van der Waals surface area contributed by atoms with Gasteiger partial charge in [0.1, 0.15) is 18.4 Å². The number of hydrogen-bond acceptors (Lipinski definition) is 8. The summed E-state index contributed by atoms with van der Waals surface area (Å²) in [4.78, 5) is 33.6. The van der Waals surface area contributed by atoms with E-state index >= 15 is 0 Å². The van der Waals surface area contributed by atoms with Crippen molar-refractivity contribution in [1.29, 1.82) is 5.26 Å². The molecular formula is C34H25N3O4S2. The average molecular weight is 604 g/mol. The predicted molar refractivity (Wildman–Crippen MR) is 167 cm³/mol. The molecule has 0 N–H and O–H groups in total. The lowest BCUT2D eigenvalue weighted by molar-refractivity contribution is -0.138. The molecule has 5 aromatic rings. The maximum atomic E-state index is 13.9. The number of thiophene rings is 1. The summed E-state index contributed by atoms with van der Waals surface area (Å²) in [6.07, 6.45) is 1.82. The number of nitrogens with zero attached hydrogens (tertiary/aromatic N) is 3. The Hall–Kier alpha value is -5.04. The SMILES string of the molecule is CCOC(=O)C1=C(c2ccccc2)N=c2sc(=Cc3ccc(OCc4ccccc4C#N)cc3)c(=O)n2C1c1cccs1. The van der Waals surface area contributed by atoms with Gasteiger partial charge < -0.3 is 9.47 Å². The number of thiazole rings is 1. The summed E-state index contributed by atoms with van der Waals surface area (Å²) in [6.45, 7) is 2.24. The minimum atomic E-state index is -0.667. The molecule has 1 aliphatic heterocycles. The van der Waals surface area contributed by atoms with E-state index in [0.29, 0.717) is 31.9 Å². The van der Waals surface area contributed by atoms with Crippen molar-refractivity contribution in [2.24, 2.45) is 4.99 Å². The van der Waals surface area contributed by atoms with Crippen LogP contribution in [-0.4, -0.2) is 17.1 Å². The standard InChI is InChI=1S/C34H25N3O4S2/c1-2-40-33(39)29-30(23-9-4-3-5-10-23)36-34-37(31(29)27-13-8-18-42-27)32(38)28(43-34)19-22-14-16-26(17-15-22)41-21-25-12-7-6-11-24(25)20-35/h3-19,31H,2,21H2,1H3. The highest BCUT2D eigenvalue weighted by molar-refractivity contribution is 7.10. The zero-order valence-electron chi connectivity index (χ0n) is 23.1. The molecule has 2 aromatic heterocycles. The van der Waals surface area contributed by atoms with Crippen molar-refractivity contribution >= 4 is 40.4 Å². The van der Waals surface area contributed by atoms with Crippen molar-refractivity contribution in [3.8, 4) is 11.8 Å². The van der Waals surface area contributed by atoms with Gasteiger partial charge >= 0.3 is 5.97 Å². The van der Waals surface area contributed by atoms with Gasteiger partial charge in [-0.25, -0.2) is 9.79 Å². The average Bonchev–Trinajstić information content (AvgIpc) is 3.69.